The molecule has 72 valence electrons. The second-order valence-electron chi connectivity index (χ2n) is 2.30. The van der Waals surface area contributed by atoms with Crippen molar-refractivity contribution in [1.29, 1.82) is 0 Å². The van der Waals surface area contributed by atoms with Crippen LogP contribution >= 0.6 is 0 Å². The van der Waals surface area contributed by atoms with Gasteiger partial charge in [-0.25, -0.2) is 8.42 Å². The first kappa shape index (κ1) is 11.4. The molecule has 1 N–H and O–H groups in total. The topological polar surface area (TPSA) is 80.7 Å². The fourth-order valence-electron chi connectivity index (χ4n) is 0.829. The molecule has 0 aromatic heterocycles. The Morgan fingerprint density at radius 2 is 2.08 bits per heavy atom. The summed E-state index contributed by atoms with van der Waals surface area (Å²) in [7, 11) is -2.43. The summed E-state index contributed by atoms with van der Waals surface area (Å²) in [5, 5.41) is 7.15. The normalized spacial score (nSPS) is 14.2. The molecule has 0 amide bonds. The third kappa shape index (κ3) is 2.78. The molecule has 0 aliphatic rings. The van der Waals surface area contributed by atoms with Crippen LogP contribution in [0.4, 0.5) is 0 Å². The maximum absolute atomic E-state index is 11.1. The molecule has 0 aromatic carbocycles. The van der Waals surface area contributed by atoms with E-state index in [-0.39, 0.29) is 6.42 Å². The van der Waals surface area contributed by atoms with Crippen molar-refractivity contribution >= 4 is 15.8 Å². The van der Waals surface area contributed by atoms with Crippen LogP contribution in [0.15, 0.2) is 0 Å². The summed E-state index contributed by atoms with van der Waals surface area (Å²) in [6.45, 7) is 1.51. The van der Waals surface area contributed by atoms with Crippen LogP contribution in [0.25, 0.3) is 0 Å². The van der Waals surface area contributed by atoms with E-state index in [0.717, 1.165) is 0 Å². The van der Waals surface area contributed by atoms with Crippen LogP contribution in [0.3, 0.4) is 0 Å². The van der Waals surface area contributed by atoms with Gasteiger partial charge in [0, 0.05) is 7.11 Å². The number of rotatable bonds is 5. The lowest BCUT2D eigenvalue weighted by atomic mass is 10.3. The fraction of sp³-hybridized carbons (Fsp3) is 0.833. The Labute approximate surface area is 71.3 Å². The maximum atomic E-state index is 11.1. The molecule has 0 aromatic rings. The SMILES string of the molecule is CCC(C(=O)O)S(=O)(=O)COC. The van der Waals surface area contributed by atoms with Crippen molar-refractivity contribution in [3.05, 3.63) is 0 Å². The quantitative estimate of drug-likeness (QED) is 0.662. The van der Waals surface area contributed by atoms with Crippen LogP contribution in [0, 0.1) is 0 Å². The molecule has 0 radical (unpaired) electrons. The predicted octanol–water partition coefficient (Wildman–Crippen LogP) is -0.132. The van der Waals surface area contributed by atoms with Crippen molar-refractivity contribution in [2.75, 3.05) is 13.0 Å². The van der Waals surface area contributed by atoms with Gasteiger partial charge in [-0.05, 0) is 6.42 Å². The van der Waals surface area contributed by atoms with Gasteiger partial charge in [-0.2, -0.15) is 0 Å². The molecule has 0 fully saturated rings. The van der Waals surface area contributed by atoms with E-state index in [1.165, 1.54) is 14.0 Å². The number of hydrogen-bond acceptors (Lipinski definition) is 4. The minimum atomic E-state index is -3.64. The van der Waals surface area contributed by atoms with Gasteiger partial charge >= 0.3 is 5.97 Å². The van der Waals surface area contributed by atoms with Crippen molar-refractivity contribution in [1.82, 2.24) is 0 Å². The molecular weight excluding hydrogens is 184 g/mol. The third-order valence-electron chi connectivity index (χ3n) is 1.36. The first-order valence-corrected chi connectivity index (χ1v) is 5.10. The first-order chi connectivity index (χ1) is 5.45. The molecule has 0 saturated carbocycles. The van der Waals surface area contributed by atoms with E-state index in [1.807, 2.05) is 0 Å². The standard InChI is InChI=1S/C6H12O5S/c1-3-5(6(7)8)12(9,10)4-11-2/h5H,3-4H2,1-2H3,(H,7,8). The fourth-order valence-corrected chi connectivity index (χ4v) is 2.14. The Kier molecular flexibility index (Phi) is 4.19. The van der Waals surface area contributed by atoms with Gasteiger partial charge in [-0.15, -0.1) is 0 Å². The molecule has 0 bridgehead atoms. The zero-order valence-corrected chi connectivity index (χ0v) is 7.80. The lowest BCUT2D eigenvalue weighted by molar-refractivity contribution is -0.136. The first-order valence-electron chi connectivity index (χ1n) is 3.39. The summed E-state index contributed by atoms with van der Waals surface area (Å²) in [4.78, 5) is 10.4. The maximum Gasteiger partial charge on any atom is 0.321 e. The lowest BCUT2D eigenvalue weighted by Crippen LogP contribution is -2.31. The molecule has 0 rings (SSSR count). The van der Waals surface area contributed by atoms with Crippen LogP contribution < -0.4 is 0 Å². The van der Waals surface area contributed by atoms with Gasteiger partial charge in [-0.3, -0.25) is 4.79 Å². The number of hydrogen-bond donors (Lipinski definition) is 1. The number of aliphatic carboxylic acids is 1. The second-order valence-corrected chi connectivity index (χ2v) is 4.43. The van der Waals surface area contributed by atoms with Gasteiger partial charge in [0.05, 0.1) is 0 Å². The average Bonchev–Trinajstić information content (AvgIpc) is 1.86. The zero-order valence-electron chi connectivity index (χ0n) is 6.98. The van der Waals surface area contributed by atoms with E-state index in [0.29, 0.717) is 0 Å². The van der Waals surface area contributed by atoms with Crippen LogP contribution in [0.2, 0.25) is 0 Å². The zero-order chi connectivity index (χ0) is 9.78. The second kappa shape index (κ2) is 4.42. The van der Waals surface area contributed by atoms with Crippen molar-refractivity contribution in [3.63, 3.8) is 0 Å². The molecule has 12 heavy (non-hydrogen) atoms. The van der Waals surface area contributed by atoms with E-state index < -0.39 is 27.0 Å². The smallest absolute Gasteiger partial charge is 0.321 e. The van der Waals surface area contributed by atoms with Crippen molar-refractivity contribution in [3.8, 4) is 0 Å². The monoisotopic (exact) mass is 196 g/mol. The summed E-state index contributed by atoms with van der Waals surface area (Å²) in [6, 6.07) is 0. The van der Waals surface area contributed by atoms with Crippen LogP contribution in [0.1, 0.15) is 13.3 Å². The highest BCUT2D eigenvalue weighted by Crippen LogP contribution is 2.07. The van der Waals surface area contributed by atoms with Gasteiger partial charge in [-0.1, -0.05) is 6.92 Å². The molecule has 0 aliphatic carbocycles. The van der Waals surface area contributed by atoms with Crippen molar-refractivity contribution < 1.29 is 23.1 Å². The Hall–Kier alpha value is -0.620. The number of sulfone groups is 1. The Balaban J connectivity index is 4.61. The highest BCUT2D eigenvalue weighted by Gasteiger charge is 2.30. The molecule has 0 heterocycles. The summed E-state index contributed by atoms with van der Waals surface area (Å²) >= 11 is 0. The van der Waals surface area contributed by atoms with Gasteiger partial charge in [0.1, 0.15) is 5.94 Å². The van der Waals surface area contributed by atoms with E-state index >= 15 is 0 Å². The summed E-state index contributed by atoms with van der Waals surface area (Å²) in [5.41, 5.74) is 0. The molecule has 1 atom stereocenters. The van der Waals surface area contributed by atoms with Crippen molar-refractivity contribution in [2.45, 2.75) is 18.6 Å². The molecule has 1 unspecified atom stereocenters. The highest BCUT2D eigenvalue weighted by atomic mass is 32.2. The summed E-state index contributed by atoms with van der Waals surface area (Å²) in [6.07, 6.45) is 0.0566. The minimum absolute atomic E-state index is 0.0566. The number of carbonyl (C=O) groups is 1. The summed E-state index contributed by atoms with van der Waals surface area (Å²) < 4.78 is 26.6. The van der Waals surface area contributed by atoms with E-state index in [1.54, 1.807) is 0 Å². The Morgan fingerprint density at radius 1 is 1.58 bits per heavy atom. The van der Waals surface area contributed by atoms with Crippen molar-refractivity contribution in [2.24, 2.45) is 0 Å². The van der Waals surface area contributed by atoms with Crippen LogP contribution in [0.5, 0.6) is 0 Å². The molecule has 0 aliphatic heterocycles. The number of methoxy groups -OCH3 is 1. The molecule has 0 spiro atoms. The highest BCUT2D eigenvalue weighted by molar-refractivity contribution is 7.92. The molecule has 6 heteroatoms. The number of ether oxygens (including phenoxy) is 1. The summed E-state index contributed by atoms with van der Waals surface area (Å²) in [5.74, 6) is -1.87. The lowest BCUT2D eigenvalue weighted by Gasteiger charge is -2.09. The number of carboxylic acids is 1. The largest absolute Gasteiger partial charge is 0.480 e. The Morgan fingerprint density at radius 3 is 2.33 bits per heavy atom. The van der Waals surface area contributed by atoms with Crippen LogP contribution in [-0.4, -0.2) is 37.8 Å². The van der Waals surface area contributed by atoms with Crippen LogP contribution in [-0.2, 0) is 19.4 Å². The van der Waals surface area contributed by atoms with E-state index in [9.17, 15) is 13.2 Å². The van der Waals surface area contributed by atoms with Gasteiger partial charge in [0.15, 0.2) is 15.1 Å². The molecule has 0 saturated heterocycles. The predicted molar refractivity (Wildman–Crippen MR) is 42.5 cm³/mol. The number of carboxylic acid groups (broad SMARTS) is 1. The average molecular weight is 196 g/mol. The van der Waals surface area contributed by atoms with E-state index in [4.69, 9.17) is 5.11 Å². The molecule has 5 nitrogen and oxygen atoms in total. The van der Waals surface area contributed by atoms with Gasteiger partial charge in [0.25, 0.3) is 0 Å². The van der Waals surface area contributed by atoms with E-state index in [2.05, 4.69) is 4.74 Å². The van der Waals surface area contributed by atoms with Gasteiger partial charge in [0.2, 0.25) is 0 Å². The van der Waals surface area contributed by atoms with Gasteiger partial charge < -0.3 is 9.84 Å². The molecular formula is C6H12O5S. The minimum Gasteiger partial charge on any atom is -0.480 e. The third-order valence-corrected chi connectivity index (χ3v) is 3.33. The Bertz CT molecular complexity index is 243.